The monoisotopic (exact) mass is 205 g/mol. The van der Waals surface area contributed by atoms with Crippen LogP contribution in [-0.4, -0.2) is 5.54 Å². The third-order valence-electron chi connectivity index (χ3n) is 3.11. The number of hydrogen-bond donors (Lipinski definition) is 1. The van der Waals surface area contributed by atoms with Crippen LogP contribution < -0.4 is 18.1 Å². The van der Waals surface area contributed by atoms with Gasteiger partial charge in [0.2, 0.25) is 0 Å². The Balaban J connectivity index is 0.00000144. The van der Waals surface area contributed by atoms with Crippen LogP contribution in [0, 0.1) is 11.3 Å². The largest absolute Gasteiger partial charge is 1.00 e. The summed E-state index contributed by atoms with van der Waals surface area (Å²) in [4.78, 5) is 0. The molecule has 1 fully saturated rings. The molecule has 3 N–H and O–H groups in total. The Labute approximate surface area is 88.9 Å². The van der Waals surface area contributed by atoms with Crippen molar-refractivity contribution in [1.82, 2.24) is 0 Å². The Morgan fingerprint density at radius 1 is 1.23 bits per heavy atom. The van der Waals surface area contributed by atoms with Gasteiger partial charge in [-0.25, -0.2) is 0 Å². The lowest BCUT2D eigenvalue weighted by molar-refractivity contribution is -0.486. The third kappa shape index (κ3) is 3.86. The number of quaternary nitrogens is 1. The molecule has 1 saturated carbocycles. The zero-order chi connectivity index (χ0) is 9.41. The van der Waals surface area contributed by atoms with Crippen molar-refractivity contribution in [2.24, 2.45) is 11.3 Å². The fourth-order valence-corrected chi connectivity index (χ4v) is 3.14. The first-order chi connectivity index (χ1) is 5.35. The van der Waals surface area contributed by atoms with Crippen molar-refractivity contribution < 1.29 is 18.1 Å². The first-order valence-corrected chi connectivity index (χ1v) is 5.20. The van der Waals surface area contributed by atoms with E-state index in [1.165, 1.54) is 25.7 Å². The maximum atomic E-state index is 4.32. The molecule has 0 aliphatic heterocycles. The average molecular weight is 206 g/mol. The second-order valence-corrected chi connectivity index (χ2v) is 5.83. The fourth-order valence-electron chi connectivity index (χ4n) is 3.14. The molecule has 1 aliphatic rings. The van der Waals surface area contributed by atoms with Gasteiger partial charge < -0.3 is 18.1 Å². The SMILES string of the molecule is CC[C@@H]1CC(C)(C)C[C@@](C)([NH3+])C1.[Cl-]. The Morgan fingerprint density at radius 2 is 1.77 bits per heavy atom. The third-order valence-corrected chi connectivity index (χ3v) is 3.11. The molecule has 1 rings (SSSR count). The summed E-state index contributed by atoms with van der Waals surface area (Å²) < 4.78 is 0. The van der Waals surface area contributed by atoms with Crippen LogP contribution in [0.4, 0.5) is 0 Å². The second-order valence-electron chi connectivity index (χ2n) is 5.83. The zero-order valence-corrected chi connectivity index (χ0v) is 10.2. The van der Waals surface area contributed by atoms with Gasteiger partial charge in [-0.15, -0.1) is 0 Å². The van der Waals surface area contributed by atoms with Crippen LogP contribution in [0.3, 0.4) is 0 Å². The number of halogens is 1. The molecule has 0 saturated heterocycles. The Kier molecular flexibility index (Phi) is 4.26. The minimum Gasteiger partial charge on any atom is -1.00 e. The highest BCUT2D eigenvalue weighted by atomic mass is 35.5. The molecule has 13 heavy (non-hydrogen) atoms. The summed E-state index contributed by atoms with van der Waals surface area (Å²) in [5.74, 6) is 0.913. The smallest absolute Gasteiger partial charge is 0.0925 e. The average Bonchev–Trinajstić information content (AvgIpc) is 1.80. The van der Waals surface area contributed by atoms with Crippen LogP contribution in [0.2, 0.25) is 0 Å². The molecule has 0 aromatic heterocycles. The lowest BCUT2D eigenvalue weighted by Gasteiger charge is -2.42. The van der Waals surface area contributed by atoms with E-state index in [4.69, 9.17) is 0 Å². The van der Waals surface area contributed by atoms with Crippen molar-refractivity contribution >= 4 is 0 Å². The maximum Gasteiger partial charge on any atom is 0.0925 e. The first kappa shape index (κ1) is 13.2. The minimum atomic E-state index is 0. The molecule has 1 nitrogen and oxygen atoms in total. The molecule has 0 aromatic carbocycles. The van der Waals surface area contributed by atoms with Crippen molar-refractivity contribution in [3.63, 3.8) is 0 Å². The summed E-state index contributed by atoms with van der Waals surface area (Å²) in [5, 5.41) is 0. The van der Waals surface area contributed by atoms with Crippen LogP contribution in [0.5, 0.6) is 0 Å². The highest BCUT2D eigenvalue weighted by Crippen LogP contribution is 2.42. The summed E-state index contributed by atoms with van der Waals surface area (Å²) in [6, 6.07) is 0. The molecule has 0 amide bonds. The Morgan fingerprint density at radius 3 is 2.15 bits per heavy atom. The van der Waals surface area contributed by atoms with Gasteiger partial charge in [0, 0.05) is 12.8 Å². The standard InChI is InChI=1S/C11H23N.ClH/c1-5-9-6-10(2,3)8-11(4,12)7-9;/h9H,5-8,12H2,1-4H3;1H/t9-,11+;/m1./s1. The van der Waals surface area contributed by atoms with Crippen LogP contribution in [-0.2, 0) is 0 Å². The predicted octanol–water partition coefficient (Wildman–Crippen LogP) is -0.773. The number of hydrogen-bond acceptors (Lipinski definition) is 0. The van der Waals surface area contributed by atoms with Crippen LogP contribution in [0.25, 0.3) is 0 Å². The zero-order valence-electron chi connectivity index (χ0n) is 9.49. The van der Waals surface area contributed by atoms with E-state index in [-0.39, 0.29) is 12.4 Å². The van der Waals surface area contributed by atoms with E-state index in [1.54, 1.807) is 0 Å². The van der Waals surface area contributed by atoms with Crippen LogP contribution in [0.15, 0.2) is 0 Å². The summed E-state index contributed by atoms with van der Waals surface area (Å²) in [5.41, 5.74) is 5.18. The van der Waals surface area contributed by atoms with Crippen molar-refractivity contribution in [3.05, 3.63) is 0 Å². The van der Waals surface area contributed by atoms with Gasteiger partial charge in [0.1, 0.15) is 0 Å². The molecular weight excluding hydrogens is 182 g/mol. The summed E-state index contributed by atoms with van der Waals surface area (Å²) >= 11 is 0. The van der Waals surface area contributed by atoms with Crippen molar-refractivity contribution in [3.8, 4) is 0 Å². The Hall–Kier alpha value is 0.250. The van der Waals surface area contributed by atoms with Gasteiger partial charge in [-0.1, -0.05) is 27.2 Å². The van der Waals surface area contributed by atoms with E-state index in [0.717, 1.165) is 5.92 Å². The highest BCUT2D eigenvalue weighted by molar-refractivity contribution is 4.90. The van der Waals surface area contributed by atoms with E-state index in [1.807, 2.05) is 0 Å². The lowest BCUT2D eigenvalue weighted by atomic mass is 9.64. The molecule has 0 unspecified atom stereocenters. The molecule has 0 radical (unpaired) electrons. The van der Waals surface area contributed by atoms with Gasteiger partial charge in [0.15, 0.2) is 0 Å². The molecular formula is C11H24ClN. The minimum absolute atomic E-state index is 0. The van der Waals surface area contributed by atoms with Gasteiger partial charge in [0.05, 0.1) is 5.54 Å². The molecule has 0 spiro atoms. The van der Waals surface area contributed by atoms with Crippen LogP contribution in [0.1, 0.15) is 53.4 Å². The first-order valence-electron chi connectivity index (χ1n) is 5.20. The molecule has 2 atom stereocenters. The summed E-state index contributed by atoms with van der Waals surface area (Å²) in [7, 11) is 0. The van der Waals surface area contributed by atoms with E-state index in [9.17, 15) is 0 Å². The van der Waals surface area contributed by atoms with Crippen molar-refractivity contribution in [2.75, 3.05) is 0 Å². The van der Waals surface area contributed by atoms with Gasteiger partial charge in [0.25, 0.3) is 0 Å². The Bertz CT molecular complexity index is 147. The predicted molar refractivity (Wildman–Crippen MR) is 52.7 cm³/mol. The maximum absolute atomic E-state index is 4.32. The molecule has 0 heterocycles. The van der Waals surface area contributed by atoms with Gasteiger partial charge in [-0.2, -0.15) is 0 Å². The fraction of sp³-hybridized carbons (Fsp3) is 1.00. The second kappa shape index (κ2) is 4.18. The highest BCUT2D eigenvalue weighted by Gasteiger charge is 2.40. The van der Waals surface area contributed by atoms with Crippen molar-refractivity contribution in [1.29, 1.82) is 0 Å². The molecule has 80 valence electrons. The molecule has 0 aromatic rings. The summed E-state index contributed by atoms with van der Waals surface area (Å²) in [6.07, 6.45) is 5.34. The topological polar surface area (TPSA) is 27.6 Å². The molecule has 2 heteroatoms. The molecule has 0 bridgehead atoms. The molecule has 1 aliphatic carbocycles. The van der Waals surface area contributed by atoms with Gasteiger partial charge >= 0.3 is 0 Å². The van der Waals surface area contributed by atoms with E-state index in [2.05, 4.69) is 33.4 Å². The van der Waals surface area contributed by atoms with Crippen molar-refractivity contribution in [2.45, 2.75) is 58.9 Å². The van der Waals surface area contributed by atoms with Gasteiger partial charge in [-0.05, 0) is 24.7 Å². The van der Waals surface area contributed by atoms with E-state index < -0.39 is 0 Å². The summed E-state index contributed by atoms with van der Waals surface area (Å²) in [6.45, 7) is 9.40. The number of rotatable bonds is 1. The quantitative estimate of drug-likeness (QED) is 0.583. The van der Waals surface area contributed by atoms with Crippen LogP contribution >= 0.6 is 0 Å². The van der Waals surface area contributed by atoms with Gasteiger partial charge in [-0.3, -0.25) is 0 Å². The van der Waals surface area contributed by atoms with E-state index >= 15 is 0 Å². The lowest BCUT2D eigenvalue weighted by Crippen LogP contribution is -3.00. The van der Waals surface area contributed by atoms with E-state index in [0.29, 0.717) is 11.0 Å². The normalized spacial score (nSPS) is 38.1.